The number of benzene rings is 1. The molecule has 1 aromatic carbocycles. The number of allylic oxidation sites excluding steroid dienone is 1. The van der Waals surface area contributed by atoms with Gasteiger partial charge >= 0.3 is 0 Å². The summed E-state index contributed by atoms with van der Waals surface area (Å²) >= 11 is 0. The molecule has 1 aromatic rings. The first-order valence-corrected chi connectivity index (χ1v) is 5.93. The smallest absolute Gasteiger partial charge is 0.160 e. The molecular weight excluding hydrogens is 214 g/mol. The highest BCUT2D eigenvalue weighted by Crippen LogP contribution is 2.25. The fourth-order valence-electron chi connectivity index (χ4n) is 1.98. The summed E-state index contributed by atoms with van der Waals surface area (Å²) in [4.78, 5) is 11.6. The van der Waals surface area contributed by atoms with Crippen LogP contribution in [-0.4, -0.2) is 12.9 Å². The second-order valence-corrected chi connectivity index (χ2v) is 4.14. The van der Waals surface area contributed by atoms with Crippen LogP contribution >= 0.6 is 0 Å². The molecule has 0 amide bonds. The van der Waals surface area contributed by atoms with Gasteiger partial charge in [0.15, 0.2) is 5.78 Å². The number of hydrogen-bond acceptors (Lipinski definition) is 3. The Kier molecular flexibility index (Phi) is 3.81. The van der Waals surface area contributed by atoms with Gasteiger partial charge in [-0.1, -0.05) is 12.1 Å². The van der Waals surface area contributed by atoms with Crippen molar-refractivity contribution in [2.45, 2.75) is 25.7 Å². The molecule has 1 fully saturated rings. The molecule has 0 bridgehead atoms. The first kappa shape index (κ1) is 11.7. The SMILES string of the molecule is COc1ccccc1N/C=C1/CCCCC1=O. The molecule has 2 rings (SSSR count). The lowest BCUT2D eigenvalue weighted by atomic mass is 9.94. The highest BCUT2D eigenvalue weighted by molar-refractivity contribution is 5.96. The van der Waals surface area contributed by atoms with Crippen molar-refractivity contribution in [3.8, 4) is 5.75 Å². The molecule has 0 aromatic heterocycles. The summed E-state index contributed by atoms with van der Waals surface area (Å²) in [5.41, 5.74) is 1.78. The number of ether oxygens (including phenoxy) is 1. The molecule has 0 unspecified atom stereocenters. The summed E-state index contributed by atoms with van der Waals surface area (Å²) in [6, 6.07) is 7.68. The number of Topliss-reactive ketones (excluding diaryl/α,β-unsaturated/α-hetero) is 1. The predicted molar refractivity (Wildman–Crippen MR) is 68.2 cm³/mol. The Balaban J connectivity index is 2.10. The molecule has 1 aliphatic rings. The largest absolute Gasteiger partial charge is 0.495 e. The third kappa shape index (κ3) is 2.87. The average molecular weight is 231 g/mol. The number of anilines is 1. The molecule has 1 N–H and O–H groups in total. The van der Waals surface area contributed by atoms with Gasteiger partial charge in [0.2, 0.25) is 0 Å². The van der Waals surface area contributed by atoms with Crippen molar-refractivity contribution < 1.29 is 9.53 Å². The van der Waals surface area contributed by atoms with E-state index in [2.05, 4.69) is 5.32 Å². The monoisotopic (exact) mass is 231 g/mol. The number of hydrogen-bond donors (Lipinski definition) is 1. The third-order valence-corrected chi connectivity index (χ3v) is 2.97. The summed E-state index contributed by atoms with van der Waals surface area (Å²) in [6.07, 6.45) is 5.50. The molecule has 1 aliphatic carbocycles. The topological polar surface area (TPSA) is 38.3 Å². The summed E-state index contributed by atoms with van der Waals surface area (Å²) in [7, 11) is 1.64. The van der Waals surface area contributed by atoms with E-state index in [1.165, 1.54) is 0 Å². The molecule has 0 heterocycles. The molecular formula is C14H17NO2. The van der Waals surface area contributed by atoms with Crippen molar-refractivity contribution in [2.75, 3.05) is 12.4 Å². The van der Waals surface area contributed by atoms with Gasteiger partial charge in [-0.3, -0.25) is 4.79 Å². The van der Waals surface area contributed by atoms with Gasteiger partial charge in [0.25, 0.3) is 0 Å². The van der Waals surface area contributed by atoms with Crippen LogP contribution in [0.5, 0.6) is 5.75 Å². The van der Waals surface area contributed by atoms with Gasteiger partial charge in [-0.15, -0.1) is 0 Å². The highest BCUT2D eigenvalue weighted by Gasteiger charge is 2.14. The van der Waals surface area contributed by atoms with E-state index in [9.17, 15) is 4.79 Å². The molecule has 0 spiro atoms. The lowest BCUT2D eigenvalue weighted by Gasteiger charge is -2.13. The van der Waals surface area contributed by atoms with Crippen molar-refractivity contribution in [1.29, 1.82) is 0 Å². The summed E-state index contributed by atoms with van der Waals surface area (Å²) in [6.45, 7) is 0. The van der Waals surface area contributed by atoms with Crippen molar-refractivity contribution in [1.82, 2.24) is 0 Å². The number of ketones is 1. The van der Waals surface area contributed by atoms with E-state index in [4.69, 9.17) is 4.74 Å². The van der Waals surface area contributed by atoms with E-state index in [-0.39, 0.29) is 5.78 Å². The minimum atomic E-state index is 0.263. The quantitative estimate of drug-likeness (QED) is 0.812. The Hall–Kier alpha value is -1.77. The van der Waals surface area contributed by atoms with E-state index in [0.717, 1.165) is 36.3 Å². The van der Waals surface area contributed by atoms with Crippen molar-refractivity contribution in [3.05, 3.63) is 36.0 Å². The molecule has 0 radical (unpaired) electrons. The lowest BCUT2D eigenvalue weighted by Crippen LogP contribution is -2.10. The second kappa shape index (κ2) is 5.53. The first-order chi connectivity index (χ1) is 8.31. The lowest BCUT2D eigenvalue weighted by molar-refractivity contribution is -0.116. The van der Waals surface area contributed by atoms with Crippen LogP contribution in [-0.2, 0) is 4.79 Å². The van der Waals surface area contributed by atoms with Gasteiger partial charge in [0.1, 0.15) is 5.75 Å². The fourth-order valence-corrected chi connectivity index (χ4v) is 1.98. The Labute approximate surface area is 101 Å². The summed E-state index contributed by atoms with van der Waals surface area (Å²) in [5.74, 6) is 1.05. The average Bonchev–Trinajstić information content (AvgIpc) is 2.38. The van der Waals surface area contributed by atoms with Crippen LogP contribution in [0.15, 0.2) is 36.0 Å². The summed E-state index contributed by atoms with van der Waals surface area (Å²) in [5, 5.41) is 3.16. The van der Waals surface area contributed by atoms with Gasteiger partial charge in [-0.05, 0) is 31.4 Å². The van der Waals surface area contributed by atoms with E-state index >= 15 is 0 Å². The molecule has 0 saturated heterocycles. The molecule has 17 heavy (non-hydrogen) atoms. The minimum Gasteiger partial charge on any atom is -0.495 e. The Bertz CT molecular complexity index is 438. The van der Waals surface area contributed by atoms with E-state index in [1.807, 2.05) is 30.5 Å². The van der Waals surface area contributed by atoms with Crippen LogP contribution in [0, 0.1) is 0 Å². The van der Waals surface area contributed by atoms with E-state index in [0.29, 0.717) is 6.42 Å². The number of carbonyl (C=O) groups excluding carboxylic acids is 1. The highest BCUT2D eigenvalue weighted by atomic mass is 16.5. The molecule has 90 valence electrons. The van der Waals surface area contributed by atoms with Crippen molar-refractivity contribution >= 4 is 11.5 Å². The Morgan fingerprint density at radius 1 is 1.24 bits per heavy atom. The van der Waals surface area contributed by atoms with Crippen LogP contribution in [0.1, 0.15) is 25.7 Å². The molecule has 0 atom stereocenters. The Morgan fingerprint density at radius 2 is 2.00 bits per heavy atom. The number of para-hydroxylation sites is 2. The van der Waals surface area contributed by atoms with Gasteiger partial charge < -0.3 is 10.1 Å². The van der Waals surface area contributed by atoms with Crippen molar-refractivity contribution in [3.63, 3.8) is 0 Å². The maximum Gasteiger partial charge on any atom is 0.160 e. The second-order valence-electron chi connectivity index (χ2n) is 4.14. The molecule has 0 aliphatic heterocycles. The Morgan fingerprint density at radius 3 is 2.76 bits per heavy atom. The zero-order valence-corrected chi connectivity index (χ0v) is 10.0. The van der Waals surface area contributed by atoms with E-state index < -0.39 is 0 Å². The van der Waals surface area contributed by atoms with Gasteiger partial charge in [0, 0.05) is 18.2 Å². The minimum absolute atomic E-state index is 0.263. The van der Waals surface area contributed by atoms with Gasteiger partial charge in [0.05, 0.1) is 12.8 Å². The number of methoxy groups -OCH3 is 1. The van der Waals surface area contributed by atoms with Crippen LogP contribution in [0.25, 0.3) is 0 Å². The maximum atomic E-state index is 11.6. The standard InChI is InChI=1S/C14H17NO2/c1-17-14-9-5-3-7-12(14)15-10-11-6-2-4-8-13(11)16/h3,5,7,9-10,15H,2,4,6,8H2,1H3/b11-10-. The number of rotatable bonds is 3. The predicted octanol–water partition coefficient (Wildman–Crippen LogP) is 3.13. The van der Waals surface area contributed by atoms with Gasteiger partial charge in [-0.2, -0.15) is 0 Å². The normalized spacial score (nSPS) is 18.2. The molecule has 3 heteroatoms. The molecule has 1 saturated carbocycles. The van der Waals surface area contributed by atoms with Gasteiger partial charge in [-0.25, -0.2) is 0 Å². The van der Waals surface area contributed by atoms with E-state index in [1.54, 1.807) is 7.11 Å². The van der Waals surface area contributed by atoms with Crippen LogP contribution < -0.4 is 10.1 Å². The zero-order chi connectivity index (χ0) is 12.1. The maximum absolute atomic E-state index is 11.6. The van der Waals surface area contributed by atoms with Crippen LogP contribution in [0.2, 0.25) is 0 Å². The van der Waals surface area contributed by atoms with Crippen LogP contribution in [0.3, 0.4) is 0 Å². The van der Waals surface area contributed by atoms with Crippen LogP contribution in [0.4, 0.5) is 5.69 Å². The fraction of sp³-hybridized carbons (Fsp3) is 0.357. The summed E-state index contributed by atoms with van der Waals surface area (Å²) < 4.78 is 5.24. The number of nitrogens with one attached hydrogen (secondary N) is 1. The third-order valence-electron chi connectivity index (χ3n) is 2.97. The molecule has 3 nitrogen and oxygen atoms in total. The first-order valence-electron chi connectivity index (χ1n) is 5.93. The zero-order valence-electron chi connectivity index (χ0n) is 10.0. The van der Waals surface area contributed by atoms with Crippen molar-refractivity contribution in [2.24, 2.45) is 0 Å². The number of carbonyl (C=O) groups is 1.